The number of aryl methyl sites for hydroxylation is 1. The second-order valence-electron chi connectivity index (χ2n) is 5.16. The molecule has 2 aromatic carbocycles. The van der Waals surface area contributed by atoms with Crippen LogP contribution in [-0.2, 0) is 0 Å². The molecule has 1 atom stereocenters. The molecule has 0 aromatic heterocycles. The molecule has 0 aliphatic heterocycles. The monoisotopic (exact) mass is 287 g/mol. The summed E-state index contributed by atoms with van der Waals surface area (Å²) in [4.78, 5) is 0. The van der Waals surface area contributed by atoms with Crippen LogP contribution in [0.5, 0.6) is 5.75 Å². The quantitative estimate of drug-likeness (QED) is 0.822. The lowest BCUT2D eigenvalue weighted by Crippen LogP contribution is -2.28. The summed E-state index contributed by atoms with van der Waals surface area (Å²) in [5, 5.41) is 3.35. The maximum Gasteiger partial charge on any atom is 0.128 e. The van der Waals surface area contributed by atoms with E-state index in [1.165, 1.54) is 6.07 Å². The molecule has 1 unspecified atom stereocenters. The third-order valence-electron chi connectivity index (χ3n) is 3.33. The first-order valence-corrected chi connectivity index (χ1v) is 7.38. The van der Waals surface area contributed by atoms with Crippen molar-refractivity contribution in [1.82, 2.24) is 5.32 Å². The molecule has 1 N–H and O–H groups in total. The number of ether oxygens (including phenoxy) is 1. The van der Waals surface area contributed by atoms with Gasteiger partial charge in [-0.1, -0.05) is 37.3 Å². The molecule has 0 saturated heterocycles. The molecule has 0 saturated carbocycles. The van der Waals surface area contributed by atoms with Gasteiger partial charge in [0, 0.05) is 5.56 Å². The van der Waals surface area contributed by atoms with Crippen molar-refractivity contribution in [1.29, 1.82) is 0 Å². The number of benzene rings is 2. The normalized spacial score (nSPS) is 12.1. The van der Waals surface area contributed by atoms with Gasteiger partial charge in [-0.05, 0) is 43.7 Å². The molecule has 0 aliphatic rings. The van der Waals surface area contributed by atoms with Crippen LogP contribution in [-0.4, -0.2) is 13.2 Å². The molecule has 2 rings (SSSR count). The minimum atomic E-state index is -0.195. The topological polar surface area (TPSA) is 21.3 Å². The first-order chi connectivity index (χ1) is 10.2. The zero-order valence-corrected chi connectivity index (χ0v) is 12.6. The molecule has 0 heterocycles. The van der Waals surface area contributed by atoms with E-state index in [9.17, 15) is 4.39 Å². The van der Waals surface area contributed by atoms with Gasteiger partial charge in [-0.15, -0.1) is 0 Å². The van der Waals surface area contributed by atoms with Gasteiger partial charge in [-0.3, -0.25) is 0 Å². The predicted octanol–water partition coefficient (Wildman–Crippen LogP) is 4.25. The summed E-state index contributed by atoms with van der Waals surface area (Å²) in [5.41, 5.74) is 1.80. The number of hydrogen-bond acceptors (Lipinski definition) is 2. The SMILES string of the molecule is CCCNC(COc1cccc(C)c1)c1ccccc1F. The van der Waals surface area contributed by atoms with Gasteiger partial charge in [0.05, 0.1) is 6.04 Å². The van der Waals surface area contributed by atoms with E-state index in [-0.39, 0.29) is 11.9 Å². The Kier molecular flexibility index (Phi) is 5.76. The summed E-state index contributed by atoms with van der Waals surface area (Å²) in [6.07, 6.45) is 0.995. The smallest absolute Gasteiger partial charge is 0.128 e. The third-order valence-corrected chi connectivity index (χ3v) is 3.33. The summed E-state index contributed by atoms with van der Waals surface area (Å²) < 4.78 is 19.8. The van der Waals surface area contributed by atoms with E-state index >= 15 is 0 Å². The van der Waals surface area contributed by atoms with E-state index in [2.05, 4.69) is 12.2 Å². The molecular weight excluding hydrogens is 265 g/mol. The Morgan fingerprint density at radius 1 is 1.14 bits per heavy atom. The summed E-state index contributed by atoms with van der Waals surface area (Å²) in [7, 11) is 0. The van der Waals surface area contributed by atoms with Crippen LogP contribution in [0.4, 0.5) is 4.39 Å². The standard InChI is InChI=1S/C18H22FNO/c1-3-11-20-18(16-9-4-5-10-17(16)19)13-21-15-8-6-7-14(2)12-15/h4-10,12,18,20H,3,11,13H2,1-2H3. The third kappa shape index (κ3) is 4.57. The second-order valence-corrected chi connectivity index (χ2v) is 5.16. The van der Waals surface area contributed by atoms with Crippen molar-refractivity contribution in [2.75, 3.05) is 13.2 Å². The van der Waals surface area contributed by atoms with Crippen LogP contribution in [0.15, 0.2) is 48.5 Å². The fraction of sp³-hybridized carbons (Fsp3) is 0.333. The van der Waals surface area contributed by atoms with Gasteiger partial charge in [-0.2, -0.15) is 0 Å². The summed E-state index contributed by atoms with van der Waals surface area (Å²) in [6, 6.07) is 14.6. The predicted molar refractivity (Wildman–Crippen MR) is 84.1 cm³/mol. The highest BCUT2D eigenvalue weighted by Gasteiger charge is 2.15. The molecule has 2 nitrogen and oxygen atoms in total. The van der Waals surface area contributed by atoms with Gasteiger partial charge in [0.25, 0.3) is 0 Å². The first kappa shape index (κ1) is 15.5. The lowest BCUT2D eigenvalue weighted by atomic mass is 10.1. The number of hydrogen-bond donors (Lipinski definition) is 1. The lowest BCUT2D eigenvalue weighted by molar-refractivity contribution is 0.263. The van der Waals surface area contributed by atoms with Crippen LogP contribution < -0.4 is 10.1 Å². The van der Waals surface area contributed by atoms with Gasteiger partial charge in [-0.25, -0.2) is 4.39 Å². The van der Waals surface area contributed by atoms with Crippen LogP contribution in [0, 0.1) is 12.7 Å². The molecule has 21 heavy (non-hydrogen) atoms. The van der Waals surface area contributed by atoms with E-state index in [1.807, 2.05) is 43.3 Å². The maximum absolute atomic E-state index is 14.0. The first-order valence-electron chi connectivity index (χ1n) is 7.38. The molecule has 0 amide bonds. The highest BCUT2D eigenvalue weighted by Crippen LogP contribution is 2.20. The zero-order chi connectivity index (χ0) is 15.1. The van der Waals surface area contributed by atoms with Gasteiger partial charge in [0.15, 0.2) is 0 Å². The van der Waals surface area contributed by atoms with E-state index in [0.29, 0.717) is 12.2 Å². The molecule has 0 bridgehead atoms. The van der Waals surface area contributed by atoms with Gasteiger partial charge in [0.2, 0.25) is 0 Å². The fourth-order valence-corrected chi connectivity index (χ4v) is 2.22. The molecule has 0 fully saturated rings. The Hall–Kier alpha value is -1.87. The Labute approximate surface area is 126 Å². The lowest BCUT2D eigenvalue weighted by Gasteiger charge is -2.20. The van der Waals surface area contributed by atoms with Crippen LogP contribution in [0.25, 0.3) is 0 Å². The highest BCUT2D eigenvalue weighted by molar-refractivity contribution is 5.28. The van der Waals surface area contributed by atoms with Crippen molar-refractivity contribution in [3.05, 3.63) is 65.5 Å². The van der Waals surface area contributed by atoms with E-state index in [0.717, 1.165) is 24.3 Å². The molecule has 112 valence electrons. The summed E-state index contributed by atoms with van der Waals surface area (Å²) in [6.45, 7) is 5.35. The van der Waals surface area contributed by atoms with Crippen LogP contribution in [0.1, 0.15) is 30.5 Å². The van der Waals surface area contributed by atoms with Crippen molar-refractivity contribution < 1.29 is 9.13 Å². The number of rotatable bonds is 7. The molecule has 0 spiro atoms. The van der Waals surface area contributed by atoms with Gasteiger partial charge < -0.3 is 10.1 Å². The van der Waals surface area contributed by atoms with Crippen molar-refractivity contribution >= 4 is 0 Å². The van der Waals surface area contributed by atoms with Crippen molar-refractivity contribution in [3.63, 3.8) is 0 Å². The maximum atomic E-state index is 14.0. The van der Waals surface area contributed by atoms with Gasteiger partial charge >= 0.3 is 0 Å². The summed E-state index contributed by atoms with van der Waals surface area (Å²) in [5.74, 6) is 0.619. The molecule has 3 heteroatoms. The fourth-order valence-electron chi connectivity index (χ4n) is 2.22. The molecule has 0 radical (unpaired) electrons. The zero-order valence-electron chi connectivity index (χ0n) is 12.6. The average molecular weight is 287 g/mol. The Bertz CT molecular complexity index is 571. The Balaban J connectivity index is 2.08. The van der Waals surface area contributed by atoms with Crippen molar-refractivity contribution in [2.24, 2.45) is 0 Å². The van der Waals surface area contributed by atoms with Gasteiger partial charge in [0.1, 0.15) is 18.2 Å². The van der Waals surface area contributed by atoms with E-state index < -0.39 is 0 Å². The van der Waals surface area contributed by atoms with Crippen molar-refractivity contribution in [3.8, 4) is 5.75 Å². The van der Waals surface area contributed by atoms with Crippen LogP contribution in [0.2, 0.25) is 0 Å². The largest absolute Gasteiger partial charge is 0.492 e. The minimum absolute atomic E-state index is 0.147. The Morgan fingerprint density at radius 3 is 2.67 bits per heavy atom. The molecule has 0 aliphatic carbocycles. The Morgan fingerprint density at radius 2 is 1.95 bits per heavy atom. The van der Waals surface area contributed by atoms with Crippen LogP contribution in [0.3, 0.4) is 0 Å². The molecule has 2 aromatic rings. The highest BCUT2D eigenvalue weighted by atomic mass is 19.1. The second kappa shape index (κ2) is 7.79. The average Bonchev–Trinajstić information content (AvgIpc) is 2.48. The van der Waals surface area contributed by atoms with Crippen LogP contribution >= 0.6 is 0 Å². The van der Waals surface area contributed by atoms with Crippen molar-refractivity contribution in [2.45, 2.75) is 26.3 Å². The number of nitrogens with one attached hydrogen (secondary N) is 1. The summed E-state index contributed by atoms with van der Waals surface area (Å²) >= 11 is 0. The number of halogens is 1. The molecular formula is C18H22FNO. The van der Waals surface area contributed by atoms with E-state index in [1.54, 1.807) is 6.07 Å². The van der Waals surface area contributed by atoms with E-state index in [4.69, 9.17) is 4.74 Å². The minimum Gasteiger partial charge on any atom is -0.492 e.